The number of hydrogen-bond donors (Lipinski definition) is 1. The lowest BCUT2D eigenvalue weighted by atomic mass is 10.0. The van der Waals surface area contributed by atoms with Crippen molar-refractivity contribution in [3.63, 3.8) is 0 Å². The predicted octanol–water partition coefficient (Wildman–Crippen LogP) is 3.58. The Balaban J connectivity index is 1.32. The quantitative estimate of drug-likeness (QED) is 0.747. The fourth-order valence-electron chi connectivity index (χ4n) is 4.44. The molecule has 0 aliphatic carbocycles. The van der Waals surface area contributed by atoms with Crippen molar-refractivity contribution in [2.75, 3.05) is 36.4 Å². The second-order valence-electron chi connectivity index (χ2n) is 8.81. The number of aryl methyl sites for hydroxylation is 2. The van der Waals surface area contributed by atoms with Crippen LogP contribution in [0.2, 0.25) is 0 Å². The summed E-state index contributed by atoms with van der Waals surface area (Å²) in [6.45, 7) is 9.20. The maximum atomic E-state index is 12.9. The van der Waals surface area contributed by atoms with E-state index in [0.717, 1.165) is 13.1 Å². The number of hydrogen-bond acceptors (Lipinski definition) is 5. The van der Waals surface area contributed by atoms with Gasteiger partial charge in [-0.05, 0) is 43.5 Å². The highest BCUT2D eigenvalue weighted by molar-refractivity contribution is 7.90. The van der Waals surface area contributed by atoms with E-state index in [-0.39, 0.29) is 16.7 Å². The van der Waals surface area contributed by atoms with Gasteiger partial charge in [0.2, 0.25) is 5.91 Å². The summed E-state index contributed by atoms with van der Waals surface area (Å²) < 4.78 is 28.8. The minimum Gasteiger partial charge on any atom is -0.368 e. The fourth-order valence-corrected chi connectivity index (χ4v) is 5.60. The van der Waals surface area contributed by atoms with Crippen LogP contribution in [-0.4, -0.2) is 51.2 Å². The first-order chi connectivity index (χ1) is 15.2. The Bertz CT molecular complexity index is 1150. The Morgan fingerprint density at radius 1 is 1.09 bits per heavy atom. The molecule has 0 unspecified atom stereocenters. The molecule has 0 spiro atoms. The van der Waals surface area contributed by atoms with Crippen molar-refractivity contribution in [1.29, 1.82) is 0 Å². The number of nitrogens with zero attached hydrogens (tertiary/aromatic N) is 3. The lowest BCUT2D eigenvalue weighted by Gasteiger charge is -2.37. The van der Waals surface area contributed by atoms with Crippen LogP contribution in [-0.2, 0) is 14.8 Å². The van der Waals surface area contributed by atoms with Gasteiger partial charge >= 0.3 is 0 Å². The maximum Gasteiger partial charge on any atom is 0.286 e. The highest BCUT2D eigenvalue weighted by atomic mass is 32.2. The van der Waals surface area contributed by atoms with Gasteiger partial charge in [-0.2, -0.15) is 8.42 Å². The maximum absolute atomic E-state index is 12.9. The van der Waals surface area contributed by atoms with E-state index >= 15 is 0 Å². The van der Waals surface area contributed by atoms with Crippen LogP contribution in [0.25, 0.3) is 0 Å². The van der Waals surface area contributed by atoms with E-state index in [0.29, 0.717) is 37.5 Å². The van der Waals surface area contributed by atoms with Crippen LogP contribution in [0.5, 0.6) is 0 Å². The number of amidine groups is 1. The third-order valence-corrected chi connectivity index (χ3v) is 7.44. The molecule has 1 N–H and O–H groups in total. The standard InChI is InChI=1S/C24H30N4O3S/c1-17-8-9-21(19(3)14-17)27-10-12-28(13-11-27)24(29)16-18(2)15-23-25-20-6-4-5-7-22(20)32(30,31)26-23/h4-9,14,18H,10-13,15-16H2,1-3H3,(H,25,26)/t18-/m0/s1. The van der Waals surface area contributed by atoms with E-state index in [4.69, 9.17) is 0 Å². The zero-order valence-corrected chi connectivity index (χ0v) is 19.7. The summed E-state index contributed by atoms with van der Waals surface area (Å²) in [5.74, 6) is 0.479. The molecule has 0 saturated carbocycles. The van der Waals surface area contributed by atoms with Gasteiger partial charge in [-0.25, -0.2) is 0 Å². The molecule has 1 atom stereocenters. The topological polar surface area (TPSA) is 82.1 Å². The molecule has 0 bridgehead atoms. The summed E-state index contributed by atoms with van der Waals surface area (Å²) in [4.78, 5) is 17.3. The third kappa shape index (κ3) is 4.80. The molecule has 170 valence electrons. The van der Waals surface area contributed by atoms with Crippen LogP contribution in [0, 0.1) is 19.8 Å². The summed E-state index contributed by atoms with van der Waals surface area (Å²) in [7, 11) is -3.70. The van der Waals surface area contributed by atoms with Crippen molar-refractivity contribution in [2.24, 2.45) is 10.3 Å². The van der Waals surface area contributed by atoms with E-state index in [9.17, 15) is 13.2 Å². The number of rotatable bonds is 5. The smallest absolute Gasteiger partial charge is 0.286 e. The number of benzene rings is 2. The molecule has 2 aliphatic heterocycles. The summed E-state index contributed by atoms with van der Waals surface area (Å²) in [6.07, 6.45) is 0.772. The summed E-state index contributed by atoms with van der Waals surface area (Å²) in [6, 6.07) is 13.2. The molecule has 2 heterocycles. The SMILES string of the molecule is Cc1ccc(N2CCN(C(=O)C[C@@H](C)CC3=NS(=O)(=O)c4ccccc4N3)CC2)c(C)c1. The number of carbonyl (C=O) groups is 1. The van der Waals surface area contributed by atoms with Gasteiger partial charge in [-0.3, -0.25) is 4.79 Å². The molecule has 2 aromatic carbocycles. The first-order valence-corrected chi connectivity index (χ1v) is 12.5. The van der Waals surface area contributed by atoms with Gasteiger partial charge in [0.25, 0.3) is 10.0 Å². The Kier molecular flexibility index (Phi) is 6.24. The van der Waals surface area contributed by atoms with Gasteiger partial charge in [0.05, 0.1) is 5.69 Å². The number of nitrogens with one attached hydrogen (secondary N) is 1. The molecular formula is C24H30N4O3S. The van der Waals surface area contributed by atoms with Crippen LogP contribution in [0.15, 0.2) is 51.8 Å². The summed E-state index contributed by atoms with van der Waals surface area (Å²) in [5.41, 5.74) is 4.29. The second-order valence-corrected chi connectivity index (χ2v) is 10.4. The Morgan fingerprint density at radius 2 is 1.81 bits per heavy atom. The molecular weight excluding hydrogens is 424 g/mol. The first kappa shape index (κ1) is 22.3. The highest BCUT2D eigenvalue weighted by Gasteiger charge is 2.27. The molecule has 8 heteroatoms. The second kappa shape index (κ2) is 8.94. The molecule has 1 saturated heterocycles. The monoisotopic (exact) mass is 454 g/mol. The lowest BCUT2D eigenvalue weighted by Crippen LogP contribution is -2.49. The third-order valence-electron chi connectivity index (χ3n) is 6.06. The number of piperazine rings is 1. The van der Waals surface area contributed by atoms with Crippen LogP contribution >= 0.6 is 0 Å². The predicted molar refractivity (Wildman–Crippen MR) is 128 cm³/mol. The van der Waals surface area contributed by atoms with Crippen LogP contribution < -0.4 is 10.2 Å². The Morgan fingerprint density at radius 3 is 2.53 bits per heavy atom. The molecule has 2 aliphatic rings. The van der Waals surface area contributed by atoms with E-state index in [1.807, 2.05) is 11.8 Å². The number of amides is 1. The van der Waals surface area contributed by atoms with Gasteiger partial charge in [0, 0.05) is 44.7 Å². The van der Waals surface area contributed by atoms with Gasteiger partial charge in [0.1, 0.15) is 10.7 Å². The van der Waals surface area contributed by atoms with Crippen molar-refractivity contribution < 1.29 is 13.2 Å². The van der Waals surface area contributed by atoms with Gasteiger partial charge < -0.3 is 15.1 Å². The van der Waals surface area contributed by atoms with Crippen molar-refractivity contribution in [3.8, 4) is 0 Å². The van der Waals surface area contributed by atoms with E-state index in [2.05, 4.69) is 46.7 Å². The zero-order chi connectivity index (χ0) is 22.9. The lowest BCUT2D eigenvalue weighted by molar-refractivity contribution is -0.132. The zero-order valence-electron chi connectivity index (χ0n) is 18.8. The molecule has 4 rings (SSSR count). The van der Waals surface area contributed by atoms with Crippen molar-refractivity contribution in [3.05, 3.63) is 53.6 Å². The Labute approximate surface area is 190 Å². The molecule has 2 aromatic rings. The number of para-hydroxylation sites is 1. The van der Waals surface area contributed by atoms with Gasteiger partial charge in [-0.15, -0.1) is 4.40 Å². The number of sulfonamides is 1. The normalized spacial score (nSPS) is 18.4. The average molecular weight is 455 g/mol. The van der Waals surface area contributed by atoms with Crippen LogP contribution in [0.4, 0.5) is 11.4 Å². The molecule has 1 fully saturated rings. The number of anilines is 2. The summed E-state index contributed by atoms with van der Waals surface area (Å²) in [5, 5.41) is 3.11. The fraction of sp³-hybridized carbons (Fsp3) is 0.417. The van der Waals surface area contributed by atoms with E-state index in [1.165, 1.54) is 16.8 Å². The van der Waals surface area contributed by atoms with Crippen molar-refractivity contribution in [2.45, 2.75) is 38.5 Å². The van der Waals surface area contributed by atoms with Gasteiger partial charge in [0.15, 0.2) is 0 Å². The number of carbonyl (C=O) groups excluding carboxylic acids is 1. The minimum atomic E-state index is -3.70. The van der Waals surface area contributed by atoms with Crippen LogP contribution in [0.3, 0.4) is 0 Å². The molecule has 7 nitrogen and oxygen atoms in total. The van der Waals surface area contributed by atoms with Crippen molar-refractivity contribution >= 4 is 33.1 Å². The Hall–Kier alpha value is -2.87. The first-order valence-electron chi connectivity index (χ1n) is 11.0. The summed E-state index contributed by atoms with van der Waals surface area (Å²) >= 11 is 0. The minimum absolute atomic E-state index is 0.0217. The van der Waals surface area contributed by atoms with Crippen molar-refractivity contribution in [1.82, 2.24) is 4.90 Å². The van der Waals surface area contributed by atoms with E-state index in [1.54, 1.807) is 24.3 Å². The van der Waals surface area contributed by atoms with E-state index < -0.39 is 10.0 Å². The largest absolute Gasteiger partial charge is 0.368 e. The molecule has 32 heavy (non-hydrogen) atoms. The number of fused-ring (bicyclic) bond motifs is 1. The average Bonchev–Trinajstić information content (AvgIpc) is 2.73. The highest BCUT2D eigenvalue weighted by Crippen LogP contribution is 2.28. The molecule has 0 aromatic heterocycles. The van der Waals surface area contributed by atoms with Gasteiger partial charge in [-0.1, -0.05) is 36.8 Å². The molecule has 1 amide bonds. The molecule has 0 radical (unpaired) electrons. The van der Waals surface area contributed by atoms with Crippen LogP contribution in [0.1, 0.15) is 30.9 Å².